The summed E-state index contributed by atoms with van der Waals surface area (Å²) in [5.74, 6) is -0.686. The number of anilines is 1. The van der Waals surface area contributed by atoms with Crippen molar-refractivity contribution < 1.29 is 9.59 Å². The Bertz CT molecular complexity index is 1180. The minimum atomic E-state index is -0.429. The van der Waals surface area contributed by atoms with Crippen molar-refractivity contribution in [2.24, 2.45) is 11.7 Å². The van der Waals surface area contributed by atoms with E-state index in [0.717, 1.165) is 43.6 Å². The van der Waals surface area contributed by atoms with E-state index in [1.54, 1.807) is 18.3 Å². The van der Waals surface area contributed by atoms with Crippen molar-refractivity contribution in [3.63, 3.8) is 0 Å². The Morgan fingerprint density at radius 2 is 1.64 bits per heavy atom. The first-order chi connectivity index (χ1) is 16.0. The van der Waals surface area contributed by atoms with Gasteiger partial charge in [-0.05, 0) is 61.3 Å². The highest BCUT2D eigenvalue weighted by molar-refractivity contribution is 6.04. The van der Waals surface area contributed by atoms with E-state index in [-0.39, 0.29) is 22.9 Å². The molecule has 0 unspecified atom stereocenters. The summed E-state index contributed by atoms with van der Waals surface area (Å²) in [6.45, 7) is 2.76. The summed E-state index contributed by atoms with van der Waals surface area (Å²) in [6, 6.07) is 20.5. The lowest BCUT2D eigenvalue weighted by atomic mass is 9.96. The molecule has 2 heterocycles. The van der Waals surface area contributed by atoms with E-state index in [2.05, 4.69) is 10.2 Å². The van der Waals surface area contributed by atoms with Gasteiger partial charge in [-0.25, -0.2) is 0 Å². The highest BCUT2D eigenvalue weighted by Gasteiger charge is 2.23. The van der Waals surface area contributed by atoms with Crippen LogP contribution in [0.25, 0.3) is 0 Å². The molecule has 33 heavy (non-hydrogen) atoms. The second-order valence-electron chi connectivity index (χ2n) is 8.45. The molecule has 1 aliphatic rings. The molecule has 7 nitrogen and oxygen atoms in total. The minimum absolute atomic E-state index is 0.0383. The molecule has 3 aromatic rings. The zero-order chi connectivity index (χ0) is 23.2. The number of amides is 2. The number of pyridine rings is 1. The van der Waals surface area contributed by atoms with Crippen LogP contribution in [0.5, 0.6) is 0 Å². The Hall–Kier alpha value is -3.71. The van der Waals surface area contributed by atoms with Gasteiger partial charge in [0.15, 0.2) is 0 Å². The molecule has 1 aliphatic heterocycles. The van der Waals surface area contributed by atoms with Crippen molar-refractivity contribution in [1.82, 2.24) is 9.47 Å². The van der Waals surface area contributed by atoms with Crippen LogP contribution in [0.4, 0.5) is 5.69 Å². The molecule has 0 saturated carbocycles. The maximum Gasteiger partial charge on any atom is 0.263 e. The van der Waals surface area contributed by atoms with Gasteiger partial charge in [-0.15, -0.1) is 0 Å². The number of carbonyl (C=O) groups is 2. The number of carbonyl (C=O) groups excluding carboxylic acids is 2. The van der Waals surface area contributed by atoms with Crippen LogP contribution in [0.3, 0.4) is 0 Å². The monoisotopic (exact) mass is 444 g/mol. The lowest BCUT2D eigenvalue weighted by Crippen LogP contribution is -2.38. The fraction of sp³-hybridized carbons (Fsp3) is 0.269. The van der Waals surface area contributed by atoms with Crippen LogP contribution in [-0.2, 0) is 17.9 Å². The third-order valence-electron chi connectivity index (χ3n) is 6.04. The lowest BCUT2D eigenvalue weighted by molar-refractivity contribution is -0.123. The molecule has 1 fully saturated rings. The van der Waals surface area contributed by atoms with Crippen LogP contribution in [0.15, 0.2) is 77.7 Å². The molecule has 0 radical (unpaired) electrons. The molecule has 1 aromatic heterocycles. The number of nitrogens with zero attached hydrogens (tertiary/aromatic N) is 2. The molecule has 3 N–H and O–H groups in total. The van der Waals surface area contributed by atoms with E-state index < -0.39 is 5.91 Å². The van der Waals surface area contributed by atoms with Crippen LogP contribution >= 0.6 is 0 Å². The van der Waals surface area contributed by atoms with Gasteiger partial charge < -0.3 is 15.6 Å². The van der Waals surface area contributed by atoms with Crippen molar-refractivity contribution in [2.75, 3.05) is 18.4 Å². The van der Waals surface area contributed by atoms with Crippen molar-refractivity contribution in [3.8, 4) is 0 Å². The number of nitrogens with two attached hydrogens (primary N) is 1. The van der Waals surface area contributed by atoms with Gasteiger partial charge >= 0.3 is 0 Å². The Labute approximate surface area is 192 Å². The number of primary amides is 1. The fourth-order valence-electron chi connectivity index (χ4n) is 4.19. The van der Waals surface area contributed by atoms with Crippen LogP contribution in [-0.4, -0.2) is 34.4 Å². The van der Waals surface area contributed by atoms with Crippen LogP contribution < -0.4 is 16.6 Å². The van der Waals surface area contributed by atoms with E-state index in [0.29, 0.717) is 12.2 Å². The quantitative estimate of drug-likeness (QED) is 0.586. The summed E-state index contributed by atoms with van der Waals surface area (Å²) in [4.78, 5) is 39.4. The van der Waals surface area contributed by atoms with Gasteiger partial charge in [0.1, 0.15) is 5.56 Å². The van der Waals surface area contributed by atoms with Crippen LogP contribution in [0.2, 0.25) is 0 Å². The largest absolute Gasteiger partial charge is 0.369 e. The van der Waals surface area contributed by atoms with Crippen molar-refractivity contribution in [3.05, 3.63) is 100.0 Å². The molecule has 0 atom stereocenters. The van der Waals surface area contributed by atoms with Crippen molar-refractivity contribution in [1.29, 1.82) is 0 Å². The normalized spacial score (nSPS) is 14.7. The van der Waals surface area contributed by atoms with Crippen LogP contribution in [0.1, 0.15) is 34.3 Å². The lowest BCUT2D eigenvalue weighted by Gasteiger charge is -2.30. The second-order valence-corrected chi connectivity index (χ2v) is 8.45. The Morgan fingerprint density at radius 1 is 0.909 bits per heavy atom. The number of hydrogen-bond acceptors (Lipinski definition) is 4. The Kier molecular flexibility index (Phi) is 7.00. The maximum absolute atomic E-state index is 12.9. The third-order valence-corrected chi connectivity index (χ3v) is 6.04. The van der Waals surface area contributed by atoms with E-state index >= 15 is 0 Å². The first kappa shape index (κ1) is 22.5. The summed E-state index contributed by atoms with van der Waals surface area (Å²) in [5.41, 5.74) is 7.88. The summed E-state index contributed by atoms with van der Waals surface area (Å²) in [5, 5.41) is 2.86. The molecule has 2 amide bonds. The molecule has 1 saturated heterocycles. The van der Waals surface area contributed by atoms with E-state index in [9.17, 15) is 14.4 Å². The molecule has 2 aromatic carbocycles. The Balaban J connectivity index is 1.41. The summed E-state index contributed by atoms with van der Waals surface area (Å²) in [6.07, 6.45) is 3.23. The zero-order valence-electron chi connectivity index (χ0n) is 18.4. The molecule has 0 aliphatic carbocycles. The van der Waals surface area contributed by atoms with Crippen LogP contribution in [0, 0.1) is 5.92 Å². The maximum atomic E-state index is 12.9. The highest BCUT2D eigenvalue weighted by atomic mass is 16.2. The number of piperidine rings is 1. The summed E-state index contributed by atoms with van der Waals surface area (Å²) < 4.78 is 1.54. The smallest absolute Gasteiger partial charge is 0.263 e. The van der Waals surface area contributed by atoms with E-state index in [1.807, 2.05) is 54.6 Å². The fourth-order valence-corrected chi connectivity index (χ4v) is 4.19. The number of benzene rings is 2. The van der Waals surface area contributed by atoms with E-state index in [1.165, 1.54) is 4.57 Å². The van der Waals surface area contributed by atoms with Gasteiger partial charge in [0.2, 0.25) is 5.91 Å². The topological polar surface area (TPSA) is 97.4 Å². The molecule has 7 heteroatoms. The Morgan fingerprint density at radius 3 is 2.36 bits per heavy atom. The predicted octanol–water partition coefficient (Wildman–Crippen LogP) is 2.85. The molecule has 0 spiro atoms. The number of nitrogens with one attached hydrogen (secondary N) is 1. The minimum Gasteiger partial charge on any atom is -0.369 e. The van der Waals surface area contributed by atoms with Gasteiger partial charge in [-0.2, -0.15) is 0 Å². The average Bonchev–Trinajstić information content (AvgIpc) is 2.81. The summed E-state index contributed by atoms with van der Waals surface area (Å²) in [7, 11) is 0. The molecular weight excluding hydrogens is 416 g/mol. The first-order valence-electron chi connectivity index (χ1n) is 11.1. The SMILES string of the molecule is NC(=O)C1CCN(Cc2cccc(NC(=O)c3cccn(Cc4ccccc4)c3=O)c2)CC1. The number of rotatable bonds is 7. The predicted molar refractivity (Wildman–Crippen MR) is 128 cm³/mol. The second kappa shape index (κ2) is 10.3. The van der Waals surface area contributed by atoms with Gasteiger partial charge in [-0.1, -0.05) is 42.5 Å². The van der Waals surface area contributed by atoms with Crippen molar-refractivity contribution >= 4 is 17.5 Å². The van der Waals surface area contributed by atoms with Crippen molar-refractivity contribution in [2.45, 2.75) is 25.9 Å². The van der Waals surface area contributed by atoms with Gasteiger partial charge in [0.25, 0.3) is 11.5 Å². The van der Waals surface area contributed by atoms with Gasteiger partial charge in [-0.3, -0.25) is 19.3 Å². The third kappa shape index (κ3) is 5.75. The average molecular weight is 445 g/mol. The number of hydrogen-bond donors (Lipinski definition) is 2. The number of likely N-dealkylation sites (tertiary alicyclic amines) is 1. The molecular formula is C26H28N4O3. The standard InChI is InChI=1S/C26H28N4O3/c27-24(31)21-11-14-29(15-12-21)17-20-8-4-9-22(16-20)28-25(32)23-10-5-13-30(26(23)33)18-19-6-2-1-3-7-19/h1-10,13,16,21H,11-12,14-15,17-18H2,(H2,27,31)(H,28,32). The highest BCUT2D eigenvalue weighted by Crippen LogP contribution is 2.20. The molecule has 170 valence electrons. The summed E-state index contributed by atoms with van der Waals surface area (Å²) >= 11 is 0. The molecule has 4 rings (SSSR count). The molecule has 0 bridgehead atoms. The number of aromatic nitrogens is 1. The first-order valence-corrected chi connectivity index (χ1v) is 11.1. The zero-order valence-corrected chi connectivity index (χ0v) is 18.4. The van der Waals surface area contributed by atoms with Gasteiger partial charge in [0.05, 0.1) is 6.54 Å². The van der Waals surface area contributed by atoms with E-state index in [4.69, 9.17) is 5.73 Å². The van der Waals surface area contributed by atoms with Gasteiger partial charge in [0, 0.05) is 24.3 Å².